The predicted octanol–water partition coefficient (Wildman–Crippen LogP) is 1.48. The standard InChI is InChI=1S/C11H19N3O/c1-11(2,5-7-15)8-14-10-9(12)4-3-6-13-10/h3-4,6,15H,5,7-8,12H2,1-2H3,(H,13,14). The minimum Gasteiger partial charge on any atom is -0.396 e. The van der Waals surface area contributed by atoms with Crippen LogP contribution in [0.5, 0.6) is 0 Å². The highest BCUT2D eigenvalue weighted by molar-refractivity contribution is 5.60. The molecule has 0 atom stereocenters. The summed E-state index contributed by atoms with van der Waals surface area (Å²) in [6.07, 6.45) is 2.46. The molecule has 15 heavy (non-hydrogen) atoms. The van der Waals surface area contributed by atoms with Crippen LogP contribution < -0.4 is 11.1 Å². The van der Waals surface area contributed by atoms with E-state index in [1.807, 2.05) is 6.07 Å². The summed E-state index contributed by atoms with van der Waals surface area (Å²) in [5.41, 5.74) is 6.44. The molecule has 0 aliphatic rings. The van der Waals surface area contributed by atoms with Crippen LogP contribution in [0.25, 0.3) is 0 Å². The summed E-state index contributed by atoms with van der Waals surface area (Å²) in [6, 6.07) is 3.62. The van der Waals surface area contributed by atoms with Crippen LogP contribution in [-0.2, 0) is 0 Å². The van der Waals surface area contributed by atoms with Crippen LogP contribution in [-0.4, -0.2) is 23.2 Å². The van der Waals surface area contributed by atoms with Gasteiger partial charge in [-0.3, -0.25) is 0 Å². The van der Waals surface area contributed by atoms with Gasteiger partial charge in [0.05, 0.1) is 5.69 Å². The highest BCUT2D eigenvalue weighted by Crippen LogP contribution is 2.21. The molecule has 0 aliphatic carbocycles. The van der Waals surface area contributed by atoms with Crippen LogP contribution in [0.1, 0.15) is 20.3 Å². The van der Waals surface area contributed by atoms with E-state index in [1.54, 1.807) is 12.3 Å². The molecule has 0 aliphatic heterocycles. The number of nitrogens with zero attached hydrogens (tertiary/aromatic N) is 1. The van der Waals surface area contributed by atoms with E-state index in [0.717, 1.165) is 13.0 Å². The number of hydrogen-bond acceptors (Lipinski definition) is 4. The van der Waals surface area contributed by atoms with Gasteiger partial charge in [-0.25, -0.2) is 4.98 Å². The molecular formula is C11H19N3O. The summed E-state index contributed by atoms with van der Waals surface area (Å²) in [5.74, 6) is 0.712. The summed E-state index contributed by atoms with van der Waals surface area (Å²) in [4.78, 5) is 4.14. The Morgan fingerprint density at radius 1 is 1.53 bits per heavy atom. The van der Waals surface area contributed by atoms with Crippen molar-refractivity contribution in [2.75, 3.05) is 24.2 Å². The molecule has 0 unspecified atom stereocenters. The molecule has 4 heteroatoms. The molecule has 0 fully saturated rings. The first-order chi connectivity index (χ1) is 7.05. The number of nitrogens with two attached hydrogens (primary N) is 1. The summed E-state index contributed by atoms with van der Waals surface area (Å²) < 4.78 is 0. The Kier molecular flexibility index (Phi) is 3.91. The zero-order valence-electron chi connectivity index (χ0n) is 9.33. The van der Waals surface area contributed by atoms with Crippen molar-refractivity contribution in [3.8, 4) is 0 Å². The first kappa shape index (κ1) is 11.8. The number of aliphatic hydroxyl groups excluding tert-OH is 1. The number of hydrogen-bond donors (Lipinski definition) is 3. The maximum atomic E-state index is 8.89. The monoisotopic (exact) mass is 209 g/mol. The highest BCUT2D eigenvalue weighted by Gasteiger charge is 2.17. The van der Waals surface area contributed by atoms with Crippen LogP contribution in [0.3, 0.4) is 0 Å². The maximum absolute atomic E-state index is 8.89. The van der Waals surface area contributed by atoms with E-state index in [4.69, 9.17) is 10.8 Å². The Morgan fingerprint density at radius 2 is 2.27 bits per heavy atom. The molecule has 0 spiro atoms. The van der Waals surface area contributed by atoms with Crippen molar-refractivity contribution in [2.24, 2.45) is 5.41 Å². The van der Waals surface area contributed by atoms with E-state index >= 15 is 0 Å². The molecule has 0 amide bonds. The molecule has 0 aromatic carbocycles. The molecule has 0 radical (unpaired) electrons. The fourth-order valence-corrected chi connectivity index (χ4v) is 1.28. The number of anilines is 2. The van der Waals surface area contributed by atoms with E-state index in [-0.39, 0.29) is 12.0 Å². The molecule has 1 heterocycles. The van der Waals surface area contributed by atoms with E-state index in [2.05, 4.69) is 24.1 Å². The van der Waals surface area contributed by atoms with Gasteiger partial charge in [0.1, 0.15) is 5.82 Å². The minimum absolute atomic E-state index is 0.0404. The zero-order valence-corrected chi connectivity index (χ0v) is 9.33. The molecule has 0 saturated heterocycles. The lowest BCUT2D eigenvalue weighted by atomic mass is 9.90. The van der Waals surface area contributed by atoms with Crippen LogP contribution >= 0.6 is 0 Å². The van der Waals surface area contributed by atoms with Gasteiger partial charge >= 0.3 is 0 Å². The topological polar surface area (TPSA) is 71.2 Å². The van der Waals surface area contributed by atoms with Gasteiger partial charge < -0.3 is 16.2 Å². The second-order valence-corrected chi connectivity index (χ2v) is 4.43. The van der Waals surface area contributed by atoms with Crippen molar-refractivity contribution < 1.29 is 5.11 Å². The lowest BCUT2D eigenvalue weighted by Gasteiger charge is -2.24. The van der Waals surface area contributed by atoms with E-state index in [1.165, 1.54) is 0 Å². The third-order valence-electron chi connectivity index (χ3n) is 2.36. The number of aliphatic hydroxyl groups is 1. The van der Waals surface area contributed by atoms with Crippen LogP contribution in [0.15, 0.2) is 18.3 Å². The molecule has 4 nitrogen and oxygen atoms in total. The summed E-state index contributed by atoms with van der Waals surface area (Å²) in [6.45, 7) is 5.13. The number of nitrogens with one attached hydrogen (secondary N) is 1. The molecule has 1 aromatic rings. The smallest absolute Gasteiger partial charge is 0.149 e. The summed E-state index contributed by atoms with van der Waals surface area (Å²) >= 11 is 0. The van der Waals surface area contributed by atoms with Gasteiger partial charge in [-0.1, -0.05) is 13.8 Å². The fraction of sp³-hybridized carbons (Fsp3) is 0.545. The number of nitrogen functional groups attached to an aromatic ring is 1. The lowest BCUT2D eigenvalue weighted by Crippen LogP contribution is -2.24. The zero-order chi connectivity index (χ0) is 11.3. The van der Waals surface area contributed by atoms with Crippen molar-refractivity contribution in [3.63, 3.8) is 0 Å². The predicted molar refractivity (Wildman–Crippen MR) is 62.6 cm³/mol. The third kappa shape index (κ3) is 3.75. The van der Waals surface area contributed by atoms with Crippen molar-refractivity contribution in [2.45, 2.75) is 20.3 Å². The first-order valence-corrected chi connectivity index (χ1v) is 5.10. The molecular weight excluding hydrogens is 190 g/mol. The van der Waals surface area contributed by atoms with Crippen molar-refractivity contribution >= 4 is 11.5 Å². The van der Waals surface area contributed by atoms with Crippen LogP contribution in [0.2, 0.25) is 0 Å². The molecule has 0 saturated carbocycles. The Morgan fingerprint density at radius 3 is 2.87 bits per heavy atom. The Balaban J connectivity index is 2.53. The highest BCUT2D eigenvalue weighted by atomic mass is 16.3. The van der Waals surface area contributed by atoms with Gasteiger partial charge in [-0.15, -0.1) is 0 Å². The quantitative estimate of drug-likeness (QED) is 0.687. The average Bonchev–Trinajstić information content (AvgIpc) is 2.16. The largest absolute Gasteiger partial charge is 0.396 e. The summed E-state index contributed by atoms with van der Waals surface area (Å²) in [5, 5.41) is 12.1. The fourth-order valence-electron chi connectivity index (χ4n) is 1.28. The number of rotatable bonds is 5. The average molecular weight is 209 g/mol. The maximum Gasteiger partial charge on any atom is 0.149 e. The molecule has 4 N–H and O–H groups in total. The molecule has 84 valence electrons. The lowest BCUT2D eigenvalue weighted by molar-refractivity contribution is 0.220. The third-order valence-corrected chi connectivity index (χ3v) is 2.36. The normalized spacial score (nSPS) is 11.4. The van der Waals surface area contributed by atoms with Gasteiger partial charge in [0.25, 0.3) is 0 Å². The van der Waals surface area contributed by atoms with Crippen LogP contribution in [0, 0.1) is 5.41 Å². The van der Waals surface area contributed by atoms with Gasteiger partial charge in [-0.2, -0.15) is 0 Å². The van der Waals surface area contributed by atoms with Crippen molar-refractivity contribution in [1.82, 2.24) is 4.98 Å². The number of pyridine rings is 1. The second kappa shape index (κ2) is 4.98. The Hall–Kier alpha value is -1.29. The van der Waals surface area contributed by atoms with Gasteiger partial charge in [0.2, 0.25) is 0 Å². The number of aromatic nitrogens is 1. The molecule has 1 rings (SSSR count). The van der Waals surface area contributed by atoms with Gasteiger partial charge in [0.15, 0.2) is 0 Å². The SMILES string of the molecule is CC(C)(CCO)CNc1ncccc1N. The second-order valence-electron chi connectivity index (χ2n) is 4.43. The van der Waals surface area contributed by atoms with Crippen molar-refractivity contribution in [3.05, 3.63) is 18.3 Å². The Labute approximate surface area is 90.5 Å². The van der Waals surface area contributed by atoms with Crippen LogP contribution in [0.4, 0.5) is 11.5 Å². The molecule has 1 aromatic heterocycles. The summed E-state index contributed by atoms with van der Waals surface area (Å²) in [7, 11) is 0. The van der Waals surface area contributed by atoms with E-state index < -0.39 is 0 Å². The Bertz CT molecular complexity index is 312. The van der Waals surface area contributed by atoms with Crippen molar-refractivity contribution in [1.29, 1.82) is 0 Å². The van der Waals surface area contributed by atoms with Gasteiger partial charge in [0, 0.05) is 19.3 Å². The molecule has 0 bridgehead atoms. The first-order valence-electron chi connectivity index (χ1n) is 5.10. The van der Waals surface area contributed by atoms with E-state index in [9.17, 15) is 0 Å². The van der Waals surface area contributed by atoms with E-state index in [0.29, 0.717) is 11.5 Å². The van der Waals surface area contributed by atoms with Gasteiger partial charge in [-0.05, 0) is 24.0 Å². The minimum atomic E-state index is 0.0404.